The number of benzene rings is 1. The van der Waals surface area contributed by atoms with Crippen molar-refractivity contribution >= 4 is 49.2 Å². The number of hydrogen-bond donors (Lipinski definition) is 0. The van der Waals surface area contributed by atoms with E-state index >= 15 is 0 Å². The predicted molar refractivity (Wildman–Crippen MR) is 50.9 cm³/mol. The Labute approximate surface area is 81.5 Å². The molecule has 0 bridgehead atoms. The zero-order valence-electron chi connectivity index (χ0n) is 4.77. The van der Waals surface area contributed by atoms with Gasteiger partial charge in [0.25, 0.3) is 0 Å². The van der Waals surface area contributed by atoms with E-state index in [1.54, 1.807) is 6.07 Å². The maximum Gasteiger partial charge on any atom is 0.0418 e. The monoisotopic (exact) mass is 256 g/mol. The summed E-state index contributed by atoms with van der Waals surface area (Å²) in [5, 5.41) is 0.710. The number of rotatable bonds is 1. The van der Waals surface area contributed by atoms with E-state index in [2.05, 4.69) is 15.9 Å². The van der Waals surface area contributed by atoms with Gasteiger partial charge >= 0.3 is 0 Å². The maximum absolute atomic E-state index is 5.69. The van der Waals surface area contributed by atoms with Gasteiger partial charge in [0, 0.05) is 14.4 Å². The summed E-state index contributed by atoms with van der Waals surface area (Å²) in [4.78, 5) is 0.978. The summed E-state index contributed by atoms with van der Waals surface area (Å²) >= 11 is 9.01. The molecule has 0 fully saturated rings. The average molecular weight is 258 g/mol. The van der Waals surface area contributed by atoms with Crippen molar-refractivity contribution in [3.8, 4) is 0 Å². The minimum atomic E-state index is 0.710. The summed E-state index contributed by atoms with van der Waals surface area (Å²) in [7, 11) is 6.70. The van der Waals surface area contributed by atoms with E-state index in [0.717, 1.165) is 9.37 Å². The Morgan fingerprint density at radius 3 is 2.60 bits per heavy atom. The second-order valence-electron chi connectivity index (χ2n) is 1.65. The molecule has 0 saturated carbocycles. The van der Waals surface area contributed by atoms with Crippen molar-refractivity contribution in [1.29, 1.82) is 0 Å². The lowest BCUT2D eigenvalue weighted by Crippen LogP contribution is -1.70. The predicted octanol–water partition coefficient (Wildman–Crippen LogP) is 4.35. The van der Waals surface area contributed by atoms with Gasteiger partial charge in [-0.05, 0) is 55.8 Å². The van der Waals surface area contributed by atoms with Crippen LogP contribution in [0.4, 0.5) is 0 Å². The Hall–Kier alpha value is 0.630. The summed E-state index contributed by atoms with van der Waals surface area (Å²) in [6, 6.07) is 5.48. The van der Waals surface area contributed by atoms with Gasteiger partial charge < -0.3 is 0 Å². The van der Waals surface area contributed by atoms with E-state index in [4.69, 9.17) is 22.3 Å². The third-order valence-corrected chi connectivity index (χ3v) is 3.15. The third-order valence-electron chi connectivity index (χ3n) is 0.977. The lowest BCUT2D eigenvalue weighted by molar-refractivity contribution is 1.42. The molecular weight excluding hydrogens is 255 g/mol. The first kappa shape index (κ1) is 8.72. The van der Waals surface area contributed by atoms with Crippen LogP contribution in [0, 0.1) is 0 Å². The molecule has 0 saturated heterocycles. The van der Waals surface area contributed by atoms with E-state index in [1.165, 1.54) is 11.0 Å². The lowest BCUT2D eigenvalue weighted by Gasteiger charge is -1.97. The van der Waals surface area contributed by atoms with Crippen LogP contribution in [-0.4, -0.2) is 0 Å². The van der Waals surface area contributed by atoms with Crippen LogP contribution in [0.5, 0.6) is 0 Å². The molecule has 4 heteroatoms. The largest absolute Gasteiger partial charge is 0.0843 e. The molecule has 1 aromatic rings. The Morgan fingerprint density at radius 1 is 1.40 bits per heavy atom. The number of halogens is 3. The van der Waals surface area contributed by atoms with Gasteiger partial charge in [-0.1, -0.05) is 11.6 Å². The smallest absolute Gasteiger partial charge is 0.0418 e. The third kappa shape index (κ3) is 2.06. The summed E-state index contributed by atoms with van der Waals surface area (Å²) in [6.45, 7) is 0. The first-order valence-corrected chi connectivity index (χ1v) is 5.29. The fraction of sp³-hybridized carbons (Fsp3) is 0. The Morgan fingerprint density at radius 2 is 2.10 bits per heavy atom. The van der Waals surface area contributed by atoms with Crippen molar-refractivity contribution in [3.63, 3.8) is 0 Å². The van der Waals surface area contributed by atoms with Crippen molar-refractivity contribution in [2.24, 2.45) is 0 Å². The molecular formula is C6H3BrCl2S. The van der Waals surface area contributed by atoms with E-state index in [1.807, 2.05) is 12.1 Å². The number of hydrogen-bond acceptors (Lipinski definition) is 1. The quantitative estimate of drug-likeness (QED) is 0.721. The molecule has 0 unspecified atom stereocenters. The molecule has 0 heterocycles. The molecule has 0 N–H and O–H groups in total. The van der Waals surface area contributed by atoms with Crippen LogP contribution in [0.1, 0.15) is 0 Å². The Bertz CT molecular complexity index is 239. The van der Waals surface area contributed by atoms with Gasteiger partial charge in [-0.15, -0.1) is 0 Å². The highest BCUT2D eigenvalue weighted by atomic mass is 79.9. The molecule has 0 aliphatic carbocycles. The maximum atomic E-state index is 5.69. The standard InChI is InChI=1S/C6H3BrCl2S/c7-5-3-4(8)1-2-6(5)10-9/h1-3H. The first-order valence-electron chi connectivity index (χ1n) is 2.47. The molecule has 0 atom stereocenters. The molecule has 0 nitrogen and oxygen atoms in total. The minimum absolute atomic E-state index is 0.710. The SMILES string of the molecule is ClSc1ccc(Cl)cc1Br. The van der Waals surface area contributed by atoms with Crippen LogP contribution >= 0.6 is 49.2 Å². The Kier molecular flexibility index (Phi) is 3.37. The normalized spacial score (nSPS) is 9.90. The van der Waals surface area contributed by atoms with E-state index < -0.39 is 0 Å². The van der Waals surface area contributed by atoms with E-state index in [9.17, 15) is 0 Å². The van der Waals surface area contributed by atoms with Gasteiger partial charge in [0.2, 0.25) is 0 Å². The van der Waals surface area contributed by atoms with Crippen LogP contribution in [-0.2, 0) is 0 Å². The zero-order valence-corrected chi connectivity index (χ0v) is 8.69. The van der Waals surface area contributed by atoms with Crippen LogP contribution in [0.15, 0.2) is 27.6 Å². The minimum Gasteiger partial charge on any atom is -0.0843 e. The lowest BCUT2D eigenvalue weighted by atomic mass is 10.4. The van der Waals surface area contributed by atoms with Crippen LogP contribution in [0.2, 0.25) is 5.02 Å². The van der Waals surface area contributed by atoms with Crippen molar-refractivity contribution < 1.29 is 0 Å². The molecule has 10 heavy (non-hydrogen) atoms. The highest BCUT2D eigenvalue weighted by Gasteiger charge is 1.98. The molecule has 0 aliphatic rings. The van der Waals surface area contributed by atoms with Crippen LogP contribution in [0.3, 0.4) is 0 Å². The van der Waals surface area contributed by atoms with Crippen molar-refractivity contribution in [3.05, 3.63) is 27.7 Å². The molecule has 0 radical (unpaired) electrons. The zero-order chi connectivity index (χ0) is 7.56. The Balaban J connectivity index is 3.07. The summed E-state index contributed by atoms with van der Waals surface area (Å²) in [5.74, 6) is 0. The summed E-state index contributed by atoms with van der Waals surface area (Å²) in [6.07, 6.45) is 0. The van der Waals surface area contributed by atoms with Gasteiger partial charge in [-0.3, -0.25) is 0 Å². The van der Waals surface area contributed by atoms with Crippen LogP contribution in [0.25, 0.3) is 0 Å². The topological polar surface area (TPSA) is 0 Å². The highest BCUT2D eigenvalue weighted by Crippen LogP contribution is 2.31. The second-order valence-corrected chi connectivity index (χ2v) is 4.00. The van der Waals surface area contributed by atoms with Crippen LogP contribution < -0.4 is 0 Å². The van der Waals surface area contributed by atoms with Gasteiger partial charge in [-0.2, -0.15) is 0 Å². The van der Waals surface area contributed by atoms with Gasteiger partial charge in [0.05, 0.1) is 0 Å². The second kappa shape index (κ2) is 3.86. The molecule has 1 rings (SSSR count). The van der Waals surface area contributed by atoms with E-state index in [-0.39, 0.29) is 0 Å². The molecule has 0 spiro atoms. The van der Waals surface area contributed by atoms with Gasteiger partial charge in [-0.25, -0.2) is 0 Å². The molecule has 0 amide bonds. The summed E-state index contributed by atoms with van der Waals surface area (Å²) < 4.78 is 0.931. The highest BCUT2D eigenvalue weighted by molar-refractivity contribution is 9.10. The average Bonchev–Trinajstić information content (AvgIpc) is 1.88. The van der Waals surface area contributed by atoms with E-state index in [0.29, 0.717) is 5.02 Å². The molecule has 1 aromatic carbocycles. The molecule has 0 aliphatic heterocycles. The molecule has 54 valence electrons. The van der Waals surface area contributed by atoms with Crippen molar-refractivity contribution in [2.75, 3.05) is 0 Å². The fourth-order valence-corrected chi connectivity index (χ4v) is 2.40. The summed E-state index contributed by atoms with van der Waals surface area (Å²) in [5.41, 5.74) is 0. The van der Waals surface area contributed by atoms with Gasteiger partial charge in [0.15, 0.2) is 0 Å². The fourth-order valence-electron chi connectivity index (χ4n) is 0.538. The van der Waals surface area contributed by atoms with Crippen molar-refractivity contribution in [1.82, 2.24) is 0 Å². The van der Waals surface area contributed by atoms with Crippen molar-refractivity contribution in [2.45, 2.75) is 4.90 Å². The molecule has 0 aromatic heterocycles. The first-order chi connectivity index (χ1) is 4.74. The van der Waals surface area contributed by atoms with Gasteiger partial charge in [0.1, 0.15) is 0 Å².